The summed E-state index contributed by atoms with van der Waals surface area (Å²) in [6.45, 7) is 0.601. The minimum atomic E-state index is -3.53. The van der Waals surface area contributed by atoms with Crippen molar-refractivity contribution in [2.75, 3.05) is 6.61 Å². The summed E-state index contributed by atoms with van der Waals surface area (Å²) in [4.78, 5) is 8.66. The smallest absolute Gasteiger partial charge is 0.240 e. The molecule has 0 bridgehead atoms. The van der Waals surface area contributed by atoms with Gasteiger partial charge in [-0.2, -0.15) is 0 Å². The fourth-order valence-electron chi connectivity index (χ4n) is 1.78. The van der Waals surface area contributed by atoms with Crippen molar-refractivity contribution in [2.45, 2.75) is 17.9 Å². The number of aromatic nitrogens is 1. The molecule has 1 aromatic carbocycles. The second-order valence-corrected chi connectivity index (χ2v) is 6.22. The zero-order valence-corrected chi connectivity index (χ0v) is 12.2. The third-order valence-corrected chi connectivity index (χ3v) is 4.35. The van der Waals surface area contributed by atoms with Gasteiger partial charge in [0.05, 0.1) is 11.5 Å². The van der Waals surface area contributed by atoms with E-state index in [9.17, 15) is 8.42 Å². The number of sulfonamides is 1. The van der Waals surface area contributed by atoms with E-state index >= 15 is 0 Å². The fraction of sp³-hybridized carbons (Fsp3) is 0.214. The fourth-order valence-corrected chi connectivity index (χ4v) is 2.79. The van der Waals surface area contributed by atoms with E-state index in [1.54, 1.807) is 42.7 Å². The summed E-state index contributed by atoms with van der Waals surface area (Å²) in [5.74, 6) is 4.96. The summed E-state index contributed by atoms with van der Waals surface area (Å²) in [5.41, 5.74) is 1.77. The average Bonchev–Trinajstić information content (AvgIpc) is 2.52. The Labute approximate surface area is 124 Å². The van der Waals surface area contributed by atoms with Gasteiger partial charge in [0.2, 0.25) is 10.0 Å². The topological polar surface area (TPSA) is 94.3 Å². The molecule has 2 aromatic rings. The van der Waals surface area contributed by atoms with Gasteiger partial charge in [0.1, 0.15) is 0 Å². The molecular formula is C14H17N3O3S. The molecule has 0 spiro atoms. The van der Waals surface area contributed by atoms with Gasteiger partial charge >= 0.3 is 0 Å². The highest BCUT2D eigenvalue weighted by Gasteiger charge is 2.13. The summed E-state index contributed by atoms with van der Waals surface area (Å²) in [6.07, 6.45) is 3.90. The van der Waals surface area contributed by atoms with E-state index in [-0.39, 0.29) is 11.4 Å². The first kappa shape index (κ1) is 15.6. The highest BCUT2D eigenvalue weighted by Crippen LogP contribution is 2.11. The molecule has 1 heterocycles. The first-order valence-corrected chi connectivity index (χ1v) is 7.89. The summed E-state index contributed by atoms with van der Waals surface area (Å²) >= 11 is 0. The van der Waals surface area contributed by atoms with Crippen molar-refractivity contribution < 1.29 is 13.3 Å². The number of benzene rings is 1. The maximum Gasteiger partial charge on any atom is 0.240 e. The van der Waals surface area contributed by atoms with Crippen LogP contribution in [0.1, 0.15) is 11.1 Å². The minimum absolute atomic E-state index is 0.207. The average molecular weight is 307 g/mol. The monoisotopic (exact) mass is 307 g/mol. The number of nitrogens with one attached hydrogen (secondary N) is 1. The molecule has 112 valence electrons. The lowest BCUT2D eigenvalue weighted by atomic mass is 10.2. The van der Waals surface area contributed by atoms with Gasteiger partial charge in [0.15, 0.2) is 0 Å². The maximum absolute atomic E-state index is 12.2. The molecule has 0 aliphatic heterocycles. The number of hydrogen-bond donors (Lipinski definition) is 2. The predicted molar refractivity (Wildman–Crippen MR) is 78.5 cm³/mol. The van der Waals surface area contributed by atoms with Crippen LogP contribution in [-0.4, -0.2) is 20.0 Å². The van der Waals surface area contributed by atoms with Gasteiger partial charge in [-0.3, -0.25) is 4.98 Å². The van der Waals surface area contributed by atoms with Crippen molar-refractivity contribution in [1.29, 1.82) is 0 Å². The Balaban J connectivity index is 2.02. The van der Waals surface area contributed by atoms with Crippen LogP contribution >= 0.6 is 0 Å². The molecule has 0 fully saturated rings. The SMILES string of the molecule is NOCCc1ccc(S(=O)(=O)NCc2cccnc2)cc1. The first-order chi connectivity index (χ1) is 10.1. The van der Waals surface area contributed by atoms with Gasteiger partial charge in [-0.25, -0.2) is 19.0 Å². The van der Waals surface area contributed by atoms with Crippen molar-refractivity contribution in [1.82, 2.24) is 9.71 Å². The second kappa shape index (κ2) is 7.28. The van der Waals surface area contributed by atoms with Crippen LogP contribution in [0.4, 0.5) is 0 Å². The molecule has 6 nitrogen and oxygen atoms in total. The highest BCUT2D eigenvalue weighted by atomic mass is 32.2. The van der Waals surface area contributed by atoms with E-state index < -0.39 is 10.0 Å². The van der Waals surface area contributed by atoms with Gasteiger partial charge in [-0.15, -0.1) is 0 Å². The van der Waals surface area contributed by atoms with Crippen LogP contribution < -0.4 is 10.6 Å². The van der Waals surface area contributed by atoms with E-state index in [1.165, 1.54) is 0 Å². The number of rotatable bonds is 7. The van der Waals surface area contributed by atoms with Crippen LogP contribution in [0.25, 0.3) is 0 Å². The molecule has 0 saturated heterocycles. The zero-order valence-electron chi connectivity index (χ0n) is 11.4. The lowest BCUT2D eigenvalue weighted by Gasteiger charge is -2.07. The molecule has 3 N–H and O–H groups in total. The molecule has 1 aromatic heterocycles. The van der Waals surface area contributed by atoms with Crippen LogP contribution in [0.5, 0.6) is 0 Å². The summed E-state index contributed by atoms with van der Waals surface area (Å²) in [6, 6.07) is 10.2. The Morgan fingerprint density at radius 1 is 1.14 bits per heavy atom. The number of hydrogen-bond acceptors (Lipinski definition) is 5. The van der Waals surface area contributed by atoms with Gasteiger partial charge in [0.25, 0.3) is 0 Å². The molecule has 0 unspecified atom stereocenters. The molecule has 0 radical (unpaired) electrons. The van der Waals surface area contributed by atoms with Crippen molar-refractivity contribution in [2.24, 2.45) is 5.90 Å². The molecule has 21 heavy (non-hydrogen) atoms. The van der Waals surface area contributed by atoms with Crippen LogP contribution in [0.15, 0.2) is 53.7 Å². The summed E-state index contributed by atoms with van der Waals surface area (Å²) in [5, 5.41) is 0. The highest BCUT2D eigenvalue weighted by molar-refractivity contribution is 7.89. The van der Waals surface area contributed by atoms with Crippen molar-refractivity contribution in [3.8, 4) is 0 Å². The summed E-state index contributed by atoms with van der Waals surface area (Å²) < 4.78 is 26.9. The molecular weight excluding hydrogens is 290 g/mol. The van der Waals surface area contributed by atoms with E-state index in [2.05, 4.69) is 14.5 Å². The molecule has 0 saturated carbocycles. The molecule has 2 rings (SSSR count). The third-order valence-electron chi connectivity index (χ3n) is 2.93. The van der Waals surface area contributed by atoms with E-state index in [4.69, 9.17) is 5.90 Å². The van der Waals surface area contributed by atoms with Crippen LogP contribution in [0.3, 0.4) is 0 Å². The number of pyridine rings is 1. The zero-order chi connectivity index (χ0) is 15.1. The third kappa shape index (κ3) is 4.61. The quantitative estimate of drug-likeness (QED) is 0.744. The molecule has 7 heteroatoms. The minimum Gasteiger partial charge on any atom is -0.304 e. The van der Waals surface area contributed by atoms with Gasteiger partial charge < -0.3 is 4.84 Å². The van der Waals surface area contributed by atoms with Crippen molar-refractivity contribution in [3.63, 3.8) is 0 Å². The predicted octanol–water partition coefficient (Wildman–Crippen LogP) is 0.993. The Kier molecular flexibility index (Phi) is 5.40. The largest absolute Gasteiger partial charge is 0.304 e. The van der Waals surface area contributed by atoms with Crippen LogP contribution in [0.2, 0.25) is 0 Å². The summed E-state index contributed by atoms with van der Waals surface area (Å²) in [7, 11) is -3.53. The van der Waals surface area contributed by atoms with Crippen molar-refractivity contribution in [3.05, 3.63) is 59.9 Å². The Morgan fingerprint density at radius 3 is 2.52 bits per heavy atom. The number of nitrogens with two attached hydrogens (primary N) is 1. The normalized spacial score (nSPS) is 11.5. The van der Waals surface area contributed by atoms with Crippen LogP contribution in [-0.2, 0) is 27.8 Å². The Hall–Kier alpha value is -1.80. The second-order valence-electron chi connectivity index (χ2n) is 4.45. The maximum atomic E-state index is 12.2. The lowest BCUT2D eigenvalue weighted by Crippen LogP contribution is -2.23. The molecule has 0 aliphatic carbocycles. The van der Waals surface area contributed by atoms with Crippen molar-refractivity contribution >= 4 is 10.0 Å². The number of nitrogens with zero attached hydrogens (tertiary/aromatic N) is 1. The molecule has 0 atom stereocenters. The molecule has 0 aliphatic rings. The van der Waals surface area contributed by atoms with E-state index in [0.717, 1.165) is 11.1 Å². The molecule has 0 amide bonds. The standard InChI is InChI=1S/C14H17N3O3S/c15-20-9-7-12-3-5-14(6-4-12)21(18,19)17-11-13-2-1-8-16-10-13/h1-6,8,10,17H,7,9,11,15H2. The first-order valence-electron chi connectivity index (χ1n) is 6.41. The van der Waals surface area contributed by atoms with E-state index in [1.807, 2.05) is 6.07 Å². The van der Waals surface area contributed by atoms with Crippen LogP contribution in [0, 0.1) is 0 Å². The van der Waals surface area contributed by atoms with Gasteiger partial charge in [-0.1, -0.05) is 18.2 Å². The van der Waals surface area contributed by atoms with Gasteiger partial charge in [0, 0.05) is 18.9 Å². The Morgan fingerprint density at radius 2 is 1.90 bits per heavy atom. The Bertz CT molecular complexity index is 658. The van der Waals surface area contributed by atoms with E-state index in [0.29, 0.717) is 13.0 Å². The van der Waals surface area contributed by atoms with Gasteiger partial charge in [-0.05, 0) is 35.7 Å². The lowest BCUT2D eigenvalue weighted by molar-refractivity contribution is 0.141.